The highest BCUT2D eigenvalue weighted by atomic mass is 32.2. The third kappa shape index (κ3) is 102. The molecule has 0 aromatic carbocycles. The summed E-state index contributed by atoms with van der Waals surface area (Å²) in [6, 6.07) is 0. The Morgan fingerprint density at radius 3 is 0.831 bits per heavy atom. The van der Waals surface area contributed by atoms with Crippen molar-refractivity contribution in [3.8, 4) is 0 Å². The predicted molar refractivity (Wildman–Crippen MR) is 258 cm³/mol. The molecule has 6 fully saturated rings. The van der Waals surface area contributed by atoms with E-state index in [0.29, 0.717) is 37.6 Å². The Morgan fingerprint density at radius 2 is 0.695 bits per heavy atom. The first-order valence-electron chi connectivity index (χ1n) is 23.0. The molecule has 0 radical (unpaired) electrons. The Balaban J connectivity index is -0.0000000667. The Labute approximate surface area is 375 Å². The smallest absolute Gasteiger partial charge is 0.305 e. The average molecular weight is 893 g/mol. The summed E-state index contributed by atoms with van der Waals surface area (Å²) in [5.74, 6) is 0.238. The van der Waals surface area contributed by atoms with Crippen LogP contribution in [0.4, 0.5) is 0 Å². The summed E-state index contributed by atoms with van der Waals surface area (Å²) in [4.78, 5) is 50.0. The molecule has 6 aliphatic rings. The minimum Gasteiger partial charge on any atom is -0.481 e. The normalized spacial score (nSPS) is 15.7. The van der Waals surface area contributed by atoms with Crippen molar-refractivity contribution in [2.24, 2.45) is 0 Å². The van der Waals surface area contributed by atoms with Gasteiger partial charge in [-0.1, -0.05) is 89.5 Å². The number of rotatable bonds is 1. The number of Topliss-reactive ketones (excluding diaryl/α,β-unsaturated/α-hetero) is 2. The molecule has 6 rings (SSSR count). The summed E-state index contributed by atoms with van der Waals surface area (Å²) >= 11 is 4.94. The van der Waals surface area contributed by atoms with Gasteiger partial charge in [0, 0.05) is 71.9 Å². The molecule has 0 atom stereocenters. The van der Waals surface area contributed by atoms with Gasteiger partial charge in [0.1, 0.15) is 11.6 Å². The van der Waals surface area contributed by atoms with Gasteiger partial charge < -0.3 is 29.2 Å². The van der Waals surface area contributed by atoms with Gasteiger partial charge in [-0.2, -0.15) is 12.6 Å². The van der Waals surface area contributed by atoms with Gasteiger partial charge in [0.2, 0.25) is 0 Å². The quantitative estimate of drug-likeness (QED) is 0.130. The summed E-state index contributed by atoms with van der Waals surface area (Å²) in [6.45, 7) is 30.4. The number of aliphatic hydroxyl groups is 1. The number of carboxylic acid groups (broad SMARTS) is 1. The standard InChI is InChI=1S/C6H10O.C5H8O2.C5H10O.C5H8O.C4H6O2.C4H8O.C2H4O2.C2H6OS.6C2H6.CH4S/c7-6-4-2-1-3-5-6;6-5-3-1-2-4-7-5;1-2-4-6-5-3-1;6-5-3-1-2-4-5;5-4-2-1-3-6-4;1-2-4-5-3-1;1-2(3)4;1-4-2-3;7*1-2/h1-5H2;1-4H2;1-5H2;1-4H2;1-3H2;1-4H2;1H3,(H,3,4);3H,2H2,1H3;6*1-2H3;2H,1H3. The van der Waals surface area contributed by atoms with Gasteiger partial charge in [0.05, 0.1) is 19.2 Å². The Bertz CT molecular complexity index is 649. The largest absolute Gasteiger partial charge is 0.481 e. The minimum absolute atomic E-state index is 0.0359. The number of cyclic esters (lactones) is 2. The van der Waals surface area contributed by atoms with E-state index in [9.17, 15) is 19.2 Å². The minimum atomic E-state index is -0.833. The first-order valence-corrected chi connectivity index (χ1v) is 25.3. The number of carbonyl (C=O) groups is 5. The number of aliphatic carboxylic acids is 1. The van der Waals surface area contributed by atoms with Gasteiger partial charge in [-0.25, -0.2) is 0 Å². The fourth-order valence-corrected chi connectivity index (χ4v) is 4.02. The second kappa shape index (κ2) is 87.8. The van der Waals surface area contributed by atoms with Gasteiger partial charge in [-0.15, -0.1) is 11.8 Å². The van der Waals surface area contributed by atoms with Crippen LogP contribution in [0.2, 0.25) is 0 Å². The van der Waals surface area contributed by atoms with Crippen molar-refractivity contribution in [2.45, 2.75) is 212 Å². The summed E-state index contributed by atoms with van der Waals surface area (Å²) in [7, 11) is 0. The molecule has 2 N–H and O–H groups in total. The maximum absolute atomic E-state index is 10.5. The van der Waals surface area contributed by atoms with E-state index in [2.05, 4.69) is 22.1 Å². The Kier molecular flexibility index (Phi) is 116. The topological polar surface area (TPSA) is 163 Å². The third-order valence-corrected chi connectivity index (χ3v) is 6.69. The SMILES string of the molecule is C1CCOC1.C1CCOCC1.CC.CC.CC.CC.CC.CC.CC(=O)O.CS.CSCO.O=C1CCCC1.O=C1CCCCC1.O=C1CCCCO1.O=C1CCCO1. The van der Waals surface area contributed by atoms with Crippen LogP contribution in [-0.4, -0.2) is 97.8 Å². The molecule has 362 valence electrons. The van der Waals surface area contributed by atoms with Gasteiger partial charge in [-0.05, 0) is 89.6 Å². The van der Waals surface area contributed by atoms with Crippen molar-refractivity contribution in [3.05, 3.63) is 0 Å². The number of hydrogen-bond acceptors (Lipinski definition) is 12. The first kappa shape index (κ1) is 77.9. The van der Waals surface area contributed by atoms with Gasteiger partial charge in [-0.3, -0.25) is 24.0 Å². The number of thioether (sulfide) groups is 1. The summed E-state index contributed by atoms with van der Waals surface area (Å²) < 4.78 is 19.2. The zero-order valence-electron chi connectivity index (χ0n) is 41.3. The summed E-state index contributed by atoms with van der Waals surface area (Å²) in [6.07, 6.45) is 23.5. The van der Waals surface area contributed by atoms with Crippen molar-refractivity contribution in [2.75, 3.05) is 58.1 Å². The zero-order valence-corrected chi connectivity index (χ0v) is 43.0. The fraction of sp³-hybridized carbons (Fsp3) is 0.891. The molecule has 2 aliphatic carbocycles. The number of aliphatic hydroxyl groups excluding tert-OH is 1. The highest BCUT2D eigenvalue weighted by Crippen LogP contribution is 2.12. The van der Waals surface area contributed by atoms with Gasteiger partial charge >= 0.3 is 11.9 Å². The van der Waals surface area contributed by atoms with E-state index in [0.717, 1.165) is 104 Å². The molecule has 0 unspecified atom stereocenters. The van der Waals surface area contributed by atoms with Gasteiger partial charge in [0.25, 0.3) is 5.97 Å². The molecule has 0 bridgehead atoms. The lowest BCUT2D eigenvalue weighted by Crippen LogP contribution is -2.10. The number of ether oxygens (including phenoxy) is 4. The molecule has 0 amide bonds. The lowest BCUT2D eigenvalue weighted by molar-refractivity contribution is -0.146. The number of esters is 2. The van der Waals surface area contributed by atoms with Crippen LogP contribution >= 0.6 is 24.4 Å². The van der Waals surface area contributed by atoms with Crippen molar-refractivity contribution >= 4 is 53.9 Å². The van der Waals surface area contributed by atoms with E-state index in [4.69, 9.17) is 24.5 Å². The molecule has 13 heteroatoms. The summed E-state index contributed by atoms with van der Waals surface area (Å²) in [5.41, 5.74) is 0. The number of ketones is 2. The van der Waals surface area contributed by atoms with Gasteiger partial charge in [0.15, 0.2) is 0 Å². The van der Waals surface area contributed by atoms with Crippen molar-refractivity contribution < 1.29 is 53.1 Å². The number of carbonyl (C=O) groups excluding carboxylic acids is 4. The van der Waals surface area contributed by atoms with Crippen LogP contribution in [0.5, 0.6) is 0 Å². The Morgan fingerprint density at radius 1 is 0.475 bits per heavy atom. The Hall–Kier alpha value is -1.67. The van der Waals surface area contributed by atoms with Crippen LogP contribution in [0.1, 0.15) is 212 Å². The number of hydrogen-bond donors (Lipinski definition) is 3. The molecule has 0 aromatic heterocycles. The van der Waals surface area contributed by atoms with Crippen LogP contribution in [0, 0.1) is 0 Å². The van der Waals surface area contributed by atoms with Crippen molar-refractivity contribution in [1.82, 2.24) is 0 Å². The number of thiol groups is 1. The van der Waals surface area contributed by atoms with E-state index >= 15 is 0 Å². The van der Waals surface area contributed by atoms with Crippen molar-refractivity contribution in [3.63, 3.8) is 0 Å². The summed E-state index contributed by atoms with van der Waals surface area (Å²) in [5, 5.41) is 15.3. The van der Waals surface area contributed by atoms with E-state index in [1.165, 1.54) is 50.3 Å². The monoisotopic (exact) mass is 893 g/mol. The van der Waals surface area contributed by atoms with Crippen molar-refractivity contribution in [1.29, 1.82) is 0 Å². The van der Waals surface area contributed by atoms with E-state index in [1.54, 1.807) is 6.26 Å². The van der Waals surface area contributed by atoms with E-state index in [-0.39, 0.29) is 17.9 Å². The van der Waals surface area contributed by atoms with Crippen LogP contribution in [-0.2, 0) is 42.9 Å². The molecule has 4 heterocycles. The molecule has 4 saturated heterocycles. The maximum Gasteiger partial charge on any atom is 0.305 e. The van der Waals surface area contributed by atoms with E-state index < -0.39 is 5.97 Å². The lowest BCUT2D eigenvalue weighted by Gasteiger charge is -2.08. The second-order valence-corrected chi connectivity index (χ2v) is 11.6. The zero-order chi connectivity index (χ0) is 47.8. The molecule has 11 nitrogen and oxygen atoms in total. The molecular formula is C46H100O11S2. The lowest BCUT2D eigenvalue weighted by atomic mass is 10.00. The van der Waals surface area contributed by atoms with Crippen LogP contribution in [0.15, 0.2) is 0 Å². The van der Waals surface area contributed by atoms with Crippen LogP contribution in [0.25, 0.3) is 0 Å². The molecule has 0 aromatic rings. The number of carboxylic acids is 1. The molecule has 0 spiro atoms. The fourth-order valence-electron chi connectivity index (χ4n) is 4.02. The molecular weight excluding hydrogens is 793 g/mol. The molecule has 59 heavy (non-hydrogen) atoms. The van der Waals surface area contributed by atoms with Crippen LogP contribution in [0.3, 0.4) is 0 Å². The third-order valence-electron chi connectivity index (χ3n) is 6.43. The molecule has 4 aliphatic heterocycles. The van der Waals surface area contributed by atoms with E-state index in [1.807, 2.05) is 89.3 Å². The second-order valence-electron chi connectivity index (χ2n) is 10.8. The van der Waals surface area contributed by atoms with Crippen LogP contribution < -0.4 is 0 Å². The highest BCUT2D eigenvalue weighted by Gasteiger charge is 2.09. The maximum atomic E-state index is 10.5. The molecule has 2 saturated carbocycles. The predicted octanol–water partition coefficient (Wildman–Crippen LogP) is 12.8. The highest BCUT2D eigenvalue weighted by molar-refractivity contribution is 7.98. The first-order chi connectivity index (χ1) is 28.7. The average Bonchev–Trinajstić information content (AvgIpc) is 4.16.